The Morgan fingerprint density at radius 2 is 2.10 bits per heavy atom. The summed E-state index contributed by atoms with van der Waals surface area (Å²) in [5, 5.41) is 6.46. The first-order chi connectivity index (χ1) is 9.30. The molecule has 0 aliphatic carbocycles. The summed E-state index contributed by atoms with van der Waals surface area (Å²) in [5.41, 5.74) is -0.306. The second-order valence-electron chi connectivity index (χ2n) is 7.15. The molecule has 1 amide bonds. The van der Waals surface area contributed by atoms with Crippen molar-refractivity contribution in [3.63, 3.8) is 0 Å². The van der Waals surface area contributed by atoms with Crippen LogP contribution in [-0.4, -0.2) is 49.0 Å². The van der Waals surface area contributed by atoms with Crippen molar-refractivity contribution in [1.82, 2.24) is 10.6 Å². The summed E-state index contributed by atoms with van der Waals surface area (Å²) in [6.07, 6.45) is 2.85. The summed E-state index contributed by atoms with van der Waals surface area (Å²) in [6.45, 7) is 10.1. The van der Waals surface area contributed by atoms with Crippen molar-refractivity contribution in [2.45, 2.75) is 70.2 Å². The van der Waals surface area contributed by atoms with Crippen LogP contribution in [0.15, 0.2) is 0 Å². The maximum absolute atomic E-state index is 12.1. The third-order valence-corrected chi connectivity index (χ3v) is 3.94. The molecule has 3 atom stereocenters. The van der Waals surface area contributed by atoms with Gasteiger partial charge in [0.15, 0.2) is 0 Å². The molecule has 0 aromatic heterocycles. The van der Waals surface area contributed by atoms with Crippen LogP contribution in [0.1, 0.15) is 47.0 Å². The number of carbonyl (C=O) groups excluding carboxylic acids is 1. The van der Waals surface area contributed by atoms with E-state index in [-0.39, 0.29) is 23.1 Å². The highest BCUT2D eigenvalue weighted by molar-refractivity contribution is 5.81. The van der Waals surface area contributed by atoms with Crippen molar-refractivity contribution < 1.29 is 14.3 Å². The predicted octanol–water partition coefficient (Wildman–Crippen LogP) is 1.22. The van der Waals surface area contributed by atoms with E-state index in [0.29, 0.717) is 12.6 Å². The summed E-state index contributed by atoms with van der Waals surface area (Å²) >= 11 is 0. The van der Waals surface area contributed by atoms with Gasteiger partial charge in [0.1, 0.15) is 0 Å². The molecule has 20 heavy (non-hydrogen) atoms. The van der Waals surface area contributed by atoms with E-state index < -0.39 is 0 Å². The fourth-order valence-electron chi connectivity index (χ4n) is 2.94. The standard InChI is InChI=1S/C15H28N2O3/c1-11(13(18)17-14(2,3)4)16-12-5-7-20-15(9-12)6-8-19-10-15/h11-12,16H,5-10H2,1-4H3,(H,17,18). The number of ether oxygens (including phenoxy) is 2. The largest absolute Gasteiger partial charge is 0.378 e. The van der Waals surface area contributed by atoms with Gasteiger partial charge in [0, 0.05) is 31.2 Å². The summed E-state index contributed by atoms with van der Waals surface area (Å²) in [6, 6.07) is 0.142. The maximum Gasteiger partial charge on any atom is 0.237 e. The van der Waals surface area contributed by atoms with Crippen molar-refractivity contribution in [2.24, 2.45) is 0 Å². The summed E-state index contributed by atoms with van der Waals surface area (Å²) in [4.78, 5) is 12.1. The molecule has 2 aliphatic heterocycles. The lowest BCUT2D eigenvalue weighted by Gasteiger charge is -2.38. The van der Waals surface area contributed by atoms with Crippen LogP contribution in [0.25, 0.3) is 0 Å². The molecule has 5 nitrogen and oxygen atoms in total. The third-order valence-electron chi connectivity index (χ3n) is 3.94. The molecular weight excluding hydrogens is 256 g/mol. The Bertz CT molecular complexity index is 346. The minimum Gasteiger partial charge on any atom is -0.378 e. The van der Waals surface area contributed by atoms with E-state index in [9.17, 15) is 4.79 Å². The minimum atomic E-state index is -0.191. The lowest BCUT2D eigenvalue weighted by molar-refractivity contribution is -0.125. The van der Waals surface area contributed by atoms with Gasteiger partial charge in [-0.25, -0.2) is 0 Å². The van der Waals surface area contributed by atoms with Crippen LogP contribution >= 0.6 is 0 Å². The molecule has 2 fully saturated rings. The Labute approximate surface area is 121 Å². The highest BCUT2D eigenvalue weighted by atomic mass is 16.6. The van der Waals surface area contributed by atoms with Gasteiger partial charge in [0.2, 0.25) is 5.91 Å². The van der Waals surface area contributed by atoms with Gasteiger partial charge >= 0.3 is 0 Å². The molecule has 0 radical (unpaired) electrons. The molecule has 5 heteroatoms. The molecule has 1 spiro atoms. The monoisotopic (exact) mass is 284 g/mol. The molecule has 0 aromatic rings. The van der Waals surface area contributed by atoms with Crippen LogP contribution in [0, 0.1) is 0 Å². The third kappa shape index (κ3) is 4.17. The SMILES string of the molecule is CC(NC1CCOC2(CCOC2)C1)C(=O)NC(C)(C)C. The normalized spacial score (nSPS) is 32.3. The van der Waals surface area contributed by atoms with E-state index in [1.165, 1.54) is 0 Å². The fraction of sp³-hybridized carbons (Fsp3) is 0.933. The first-order valence-corrected chi connectivity index (χ1v) is 7.59. The summed E-state index contributed by atoms with van der Waals surface area (Å²) in [5.74, 6) is 0.0562. The van der Waals surface area contributed by atoms with Gasteiger partial charge in [-0.1, -0.05) is 0 Å². The molecule has 0 bridgehead atoms. The number of carbonyl (C=O) groups is 1. The quantitative estimate of drug-likeness (QED) is 0.818. The number of hydrogen-bond acceptors (Lipinski definition) is 4. The molecule has 0 saturated carbocycles. The fourth-order valence-corrected chi connectivity index (χ4v) is 2.94. The van der Waals surface area contributed by atoms with Crippen LogP contribution in [0.3, 0.4) is 0 Å². The Hall–Kier alpha value is -0.650. The Morgan fingerprint density at radius 1 is 1.35 bits per heavy atom. The predicted molar refractivity (Wildman–Crippen MR) is 77.6 cm³/mol. The summed E-state index contributed by atoms with van der Waals surface area (Å²) < 4.78 is 11.4. The van der Waals surface area contributed by atoms with Crippen molar-refractivity contribution in [1.29, 1.82) is 0 Å². The highest BCUT2D eigenvalue weighted by Crippen LogP contribution is 2.32. The van der Waals surface area contributed by atoms with Gasteiger partial charge in [-0.15, -0.1) is 0 Å². The van der Waals surface area contributed by atoms with E-state index >= 15 is 0 Å². The van der Waals surface area contributed by atoms with Gasteiger partial charge in [-0.3, -0.25) is 4.79 Å². The first-order valence-electron chi connectivity index (χ1n) is 7.59. The van der Waals surface area contributed by atoms with Gasteiger partial charge in [-0.2, -0.15) is 0 Å². The highest BCUT2D eigenvalue weighted by Gasteiger charge is 2.41. The lowest BCUT2D eigenvalue weighted by Crippen LogP contribution is -2.55. The average Bonchev–Trinajstić information content (AvgIpc) is 2.75. The average molecular weight is 284 g/mol. The molecule has 2 N–H and O–H groups in total. The van der Waals surface area contributed by atoms with Crippen molar-refractivity contribution >= 4 is 5.91 Å². The van der Waals surface area contributed by atoms with E-state index in [1.807, 2.05) is 27.7 Å². The molecule has 2 rings (SSSR count). The zero-order chi connectivity index (χ0) is 14.8. The maximum atomic E-state index is 12.1. The number of hydrogen-bond donors (Lipinski definition) is 2. The van der Waals surface area contributed by atoms with Crippen LogP contribution in [0.5, 0.6) is 0 Å². The van der Waals surface area contributed by atoms with Crippen molar-refractivity contribution in [2.75, 3.05) is 19.8 Å². The molecule has 3 unspecified atom stereocenters. The topological polar surface area (TPSA) is 59.6 Å². The second kappa shape index (κ2) is 6.00. The Balaban J connectivity index is 1.84. The van der Waals surface area contributed by atoms with E-state index in [1.54, 1.807) is 0 Å². The number of rotatable bonds is 3. The Kier molecular flexibility index (Phi) is 4.72. The molecular formula is C15H28N2O3. The Morgan fingerprint density at radius 3 is 2.70 bits per heavy atom. The number of nitrogens with one attached hydrogen (secondary N) is 2. The van der Waals surface area contributed by atoms with Crippen LogP contribution in [0.2, 0.25) is 0 Å². The van der Waals surface area contributed by atoms with Gasteiger partial charge < -0.3 is 20.1 Å². The molecule has 116 valence electrons. The molecule has 2 heterocycles. The lowest BCUT2D eigenvalue weighted by atomic mass is 9.89. The van der Waals surface area contributed by atoms with E-state index in [2.05, 4.69) is 10.6 Å². The van der Waals surface area contributed by atoms with E-state index in [4.69, 9.17) is 9.47 Å². The number of amides is 1. The van der Waals surface area contributed by atoms with Crippen molar-refractivity contribution in [3.8, 4) is 0 Å². The van der Waals surface area contributed by atoms with E-state index in [0.717, 1.165) is 32.5 Å². The van der Waals surface area contributed by atoms with Crippen LogP contribution < -0.4 is 10.6 Å². The molecule has 2 aliphatic rings. The van der Waals surface area contributed by atoms with Crippen LogP contribution in [-0.2, 0) is 14.3 Å². The zero-order valence-electron chi connectivity index (χ0n) is 13.1. The minimum absolute atomic E-state index is 0.0562. The van der Waals surface area contributed by atoms with Crippen LogP contribution in [0.4, 0.5) is 0 Å². The van der Waals surface area contributed by atoms with Gasteiger partial charge in [0.25, 0.3) is 0 Å². The van der Waals surface area contributed by atoms with Gasteiger partial charge in [-0.05, 0) is 40.5 Å². The summed E-state index contributed by atoms with van der Waals surface area (Å²) in [7, 11) is 0. The van der Waals surface area contributed by atoms with Gasteiger partial charge in [0.05, 0.1) is 18.2 Å². The first kappa shape index (κ1) is 15.7. The second-order valence-corrected chi connectivity index (χ2v) is 7.15. The molecule has 2 saturated heterocycles. The molecule has 0 aromatic carbocycles. The van der Waals surface area contributed by atoms with Crippen molar-refractivity contribution in [3.05, 3.63) is 0 Å². The zero-order valence-corrected chi connectivity index (χ0v) is 13.1. The smallest absolute Gasteiger partial charge is 0.237 e.